The molecule has 2 rings (SSSR count). The van der Waals surface area contributed by atoms with Gasteiger partial charge in [-0.15, -0.1) is 0 Å². The summed E-state index contributed by atoms with van der Waals surface area (Å²) < 4.78 is 7.76. The molecular formula is C15H16INO2. The number of ether oxygens (including phenoxy) is 1. The Balaban J connectivity index is 2.49. The Morgan fingerprint density at radius 2 is 1.89 bits per heavy atom. The van der Waals surface area contributed by atoms with Gasteiger partial charge in [0.2, 0.25) is 0 Å². The summed E-state index contributed by atoms with van der Waals surface area (Å²) in [5, 5.41) is 0. The predicted octanol–water partition coefficient (Wildman–Crippen LogP) is 3.72. The van der Waals surface area contributed by atoms with Gasteiger partial charge in [0.15, 0.2) is 5.78 Å². The molecule has 100 valence electrons. The SMILES string of the molecule is COc1ccc(-n2c(C)cc(C(=O)CI)c2C)cc1. The number of alkyl halides is 1. The van der Waals surface area contributed by atoms with E-state index < -0.39 is 0 Å². The second-order valence-electron chi connectivity index (χ2n) is 4.38. The zero-order valence-electron chi connectivity index (χ0n) is 11.2. The standard InChI is InChI=1S/C15H16INO2/c1-10-8-14(15(18)9-16)11(2)17(10)12-4-6-13(19-3)7-5-12/h4-8H,9H2,1-3H3. The van der Waals surface area contributed by atoms with Crippen LogP contribution < -0.4 is 4.74 Å². The molecule has 0 unspecified atom stereocenters. The van der Waals surface area contributed by atoms with Crippen LogP contribution in [-0.4, -0.2) is 21.9 Å². The van der Waals surface area contributed by atoms with Gasteiger partial charge in [0, 0.05) is 22.6 Å². The Morgan fingerprint density at radius 1 is 1.26 bits per heavy atom. The molecule has 0 bridgehead atoms. The van der Waals surface area contributed by atoms with Crippen LogP contribution in [0.15, 0.2) is 30.3 Å². The Bertz CT molecular complexity index is 599. The minimum absolute atomic E-state index is 0.175. The highest BCUT2D eigenvalue weighted by Crippen LogP contribution is 2.23. The highest BCUT2D eigenvalue weighted by Gasteiger charge is 2.15. The second-order valence-corrected chi connectivity index (χ2v) is 5.14. The Kier molecular flexibility index (Phi) is 4.29. The van der Waals surface area contributed by atoms with Crippen LogP contribution in [0.1, 0.15) is 21.7 Å². The third kappa shape index (κ3) is 2.68. The number of carbonyl (C=O) groups excluding carboxylic acids is 1. The van der Waals surface area contributed by atoms with Crippen LogP contribution in [0, 0.1) is 13.8 Å². The summed E-state index contributed by atoms with van der Waals surface area (Å²) in [5.74, 6) is 1.00. The topological polar surface area (TPSA) is 31.2 Å². The van der Waals surface area contributed by atoms with Gasteiger partial charge >= 0.3 is 0 Å². The van der Waals surface area contributed by atoms with Crippen LogP contribution in [0.5, 0.6) is 5.75 Å². The summed E-state index contributed by atoms with van der Waals surface area (Å²) in [5.41, 5.74) is 3.91. The van der Waals surface area contributed by atoms with Gasteiger partial charge in [-0.25, -0.2) is 0 Å². The Hall–Kier alpha value is -1.30. The zero-order chi connectivity index (χ0) is 14.0. The number of halogens is 1. The molecule has 1 aromatic heterocycles. The van der Waals surface area contributed by atoms with Crippen molar-refractivity contribution in [1.29, 1.82) is 0 Å². The Morgan fingerprint density at radius 3 is 2.42 bits per heavy atom. The van der Waals surface area contributed by atoms with Crippen molar-refractivity contribution in [1.82, 2.24) is 4.57 Å². The van der Waals surface area contributed by atoms with Gasteiger partial charge in [-0.3, -0.25) is 4.79 Å². The summed E-state index contributed by atoms with van der Waals surface area (Å²) in [6.07, 6.45) is 0. The van der Waals surface area contributed by atoms with E-state index in [0.29, 0.717) is 4.43 Å². The van der Waals surface area contributed by atoms with E-state index in [9.17, 15) is 4.79 Å². The van der Waals surface area contributed by atoms with Crippen molar-refractivity contribution in [3.8, 4) is 11.4 Å². The van der Waals surface area contributed by atoms with Crippen molar-refractivity contribution in [2.45, 2.75) is 13.8 Å². The summed E-state index contributed by atoms with van der Waals surface area (Å²) in [6, 6.07) is 9.80. The lowest BCUT2D eigenvalue weighted by atomic mass is 10.2. The minimum Gasteiger partial charge on any atom is -0.497 e. The number of benzene rings is 1. The van der Waals surface area contributed by atoms with E-state index in [0.717, 1.165) is 28.4 Å². The lowest BCUT2D eigenvalue weighted by Gasteiger charge is -2.10. The van der Waals surface area contributed by atoms with Crippen LogP contribution in [0.2, 0.25) is 0 Å². The number of aromatic nitrogens is 1. The maximum absolute atomic E-state index is 11.9. The predicted molar refractivity (Wildman–Crippen MR) is 85.0 cm³/mol. The molecule has 0 spiro atoms. The van der Waals surface area contributed by atoms with Crippen molar-refractivity contribution < 1.29 is 9.53 Å². The second kappa shape index (κ2) is 5.77. The average molecular weight is 369 g/mol. The lowest BCUT2D eigenvalue weighted by Crippen LogP contribution is -2.04. The van der Waals surface area contributed by atoms with E-state index in [1.54, 1.807) is 7.11 Å². The van der Waals surface area contributed by atoms with Crippen LogP contribution in [0.4, 0.5) is 0 Å². The van der Waals surface area contributed by atoms with E-state index in [4.69, 9.17) is 4.74 Å². The molecule has 0 aliphatic heterocycles. The van der Waals surface area contributed by atoms with Gasteiger partial charge < -0.3 is 9.30 Å². The fraction of sp³-hybridized carbons (Fsp3) is 0.267. The molecule has 0 fully saturated rings. The maximum atomic E-state index is 11.9. The first kappa shape index (κ1) is 14.1. The molecule has 19 heavy (non-hydrogen) atoms. The van der Waals surface area contributed by atoms with E-state index in [1.165, 1.54) is 0 Å². The summed E-state index contributed by atoms with van der Waals surface area (Å²) >= 11 is 2.10. The first-order valence-electron chi connectivity index (χ1n) is 6.01. The molecule has 4 heteroatoms. The molecule has 1 heterocycles. The van der Waals surface area contributed by atoms with Gasteiger partial charge in [0.05, 0.1) is 11.5 Å². The van der Waals surface area contributed by atoms with E-state index in [1.807, 2.05) is 44.2 Å². The average Bonchev–Trinajstić information content (AvgIpc) is 2.73. The number of ketones is 1. The highest BCUT2D eigenvalue weighted by atomic mass is 127. The minimum atomic E-state index is 0.175. The van der Waals surface area contributed by atoms with Gasteiger partial charge in [-0.2, -0.15) is 0 Å². The van der Waals surface area contributed by atoms with E-state index >= 15 is 0 Å². The molecular weight excluding hydrogens is 353 g/mol. The third-order valence-electron chi connectivity index (χ3n) is 3.18. The molecule has 0 N–H and O–H groups in total. The van der Waals surface area contributed by atoms with Gasteiger partial charge in [-0.05, 0) is 44.2 Å². The summed E-state index contributed by atoms with van der Waals surface area (Å²) in [7, 11) is 1.65. The number of carbonyl (C=O) groups is 1. The van der Waals surface area contributed by atoms with Gasteiger partial charge in [0.1, 0.15) is 5.75 Å². The third-order valence-corrected chi connectivity index (χ3v) is 3.88. The fourth-order valence-corrected chi connectivity index (χ4v) is 2.66. The summed E-state index contributed by atoms with van der Waals surface area (Å²) in [4.78, 5) is 11.9. The van der Waals surface area contributed by atoms with Crippen molar-refractivity contribution in [2.75, 3.05) is 11.5 Å². The highest BCUT2D eigenvalue weighted by molar-refractivity contribution is 14.1. The first-order valence-corrected chi connectivity index (χ1v) is 7.53. The first-order chi connectivity index (χ1) is 9.08. The lowest BCUT2D eigenvalue weighted by molar-refractivity contribution is 0.102. The largest absolute Gasteiger partial charge is 0.497 e. The number of Topliss-reactive ketones (excluding diaryl/α,β-unsaturated/α-hetero) is 1. The molecule has 0 aliphatic carbocycles. The molecule has 2 aromatic rings. The molecule has 0 saturated heterocycles. The zero-order valence-corrected chi connectivity index (χ0v) is 13.4. The van der Waals surface area contributed by atoms with Crippen molar-refractivity contribution in [3.05, 3.63) is 47.3 Å². The van der Waals surface area contributed by atoms with Gasteiger partial charge in [0.25, 0.3) is 0 Å². The molecule has 0 atom stereocenters. The van der Waals surface area contributed by atoms with Crippen molar-refractivity contribution in [3.63, 3.8) is 0 Å². The monoisotopic (exact) mass is 369 g/mol. The van der Waals surface area contributed by atoms with Crippen molar-refractivity contribution in [2.24, 2.45) is 0 Å². The molecule has 0 radical (unpaired) electrons. The number of nitrogens with zero attached hydrogens (tertiary/aromatic N) is 1. The number of hydrogen-bond acceptors (Lipinski definition) is 2. The van der Waals surface area contributed by atoms with E-state index in [2.05, 4.69) is 27.2 Å². The molecule has 1 aromatic carbocycles. The van der Waals surface area contributed by atoms with Crippen LogP contribution in [-0.2, 0) is 0 Å². The van der Waals surface area contributed by atoms with Crippen molar-refractivity contribution >= 4 is 28.4 Å². The normalized spacial score (nSPS) is 10.5. The van der Waals surface area contributed by atoms with Gasteiger partial charge in [-0.1, -0.05) is 22.6 Å². The summed E-state index contributed by atoms with van der Waals surface area (Å²) in [6.45, 7) is 4.00. The Labute approximate surface area is 126 Å². The molecule has 0 aliphatic rings. The van der Waals surface area contributed by atoms with E-state index in [-0.39, 0.29) is 5.78 Å². The number of aryl methyl sites for hydroxylation is 1. The smallest absolute Gasteiger partial charge is 0.174 e. The fourth-order valence-electron chi connectivity index (χ4n) is 2.25. The maximum Gasteiger partial charge on any atom is 0.174 e. The van der Waals surface area contributed by atoms with Crippen LogP contribution in [0.3, 0.4) is 0 Å². The van der Waals surface area contributed by atoms with Crippen LogP contribution >= 0.6 is 22.6 Å². The number of methoxy groups -OCH3 is 1. The number of hydrogen-bond donors (Lipinski definition) is 0. The quantitative estimate of drug-likeness (QED) is 0.467. The molecule has 3 nitrogen and oxygen atoms in total. The molecule has 0 saturated carbocycles. The van der Waals surface area contributed by atoms with Crippen LogP contribution in [0.25, 0.3) is 5.69 Å². The molecule has 0 amide bonds. The number of rotatable bonds is 4.